The number of amides is 4. The van der Waals surface area contributed by atoms with Crippen LogP contribution in [0.4, 0.5) is 16.2 Å². The first-order chi connectivity index (χ1) is 14.1. The molecule has 2 N–H and O–H groups in total. The first kappa shape index (κ1) is 19.0. The van der Waals surface area contributed by atoms with Crippen molar-refractivity contribution in [3.05, 3.63) is 60.2 Å². The maximum absolute atomic E-state index is 13.1. The van der Waals surface area contributed by atoms with E-state index >= 15 is 0 Å². The van der Waals surface area contributed by atoms with Gasteiger partial charge in [-0.1, -0.05) is 42.5 Å². The molecule has 1 fully saturated rings. The van der Waals surface area contributed by atoms with E-state index in [1.165, 1.54) is 4.90 Å². The summed E-state index contributed by atoms with van der Waals surface area (Å²) >= 11 is 0. The van der Waals surface area contributed by atoms with Gasteiger partial charge in [0, 0.05) is 19.5 Å². The average Bonchev–Trinajstić information content (AvgIpc) is 3.27. The van der Waals surface area contributed by atoms with Crippen molar-refractivity contribution in [1.29, 1.82) is 0 Å². The van der Waals surface area contributed by atoms with Crippen molar-refractivity contribution in [2.24, 2.45) is 0 Å². The number of hydrogen-bond acceptors (Lipinski definition) is 3. The van der Waals surface area contributed by atoms with Crippen molar-refractivity contribution in [1.82, 2.24) is 10.2 Å². The molecule has 1 atom stereocenters. The number of anilines is 2. The highest BCUT2D eigenvalue weighted by atomic mass is 16.2. The fraction of sp³-hybridized carbons (Fsp3) is 0.318. The summed E-state index contributed by atoms with van der Waals surface area (Å²) in [7, 11) is 0. The van der Waals surface area contributed by atoms with Crippen LogP contribution in [0.3, 0.4) is 0 Å². The van der Waals surface area contributed by atoms with Gasteiger partial charge in [-0.15, -0.1) is 0 Å². The molecule has 150 valence electrons. The molecule has 2 aromatic rings. The van der Waals surface area contributed by atoms with Crippen LogP contribution in [0.15, 0.2) is 54.6 Å². The van der Waals surface area contributed by atoms with Gasteiger partial charge in [-0.05, 0) is 30.5 Å². The number of nitrogens with one attached hydrogen (secondary N) is 2. The lowest BCUT2D eigenvalue weighted by molar-refractivity contribution is -0.132. The Morgan fingerprint density at radius 2 is 1.69 bits per heavy atom. The highest BCUT2D eigenvalue weighted by Crippen LogP contribution is 2.29. The van der Waals surface area contributed by atoms with Crippen molar-refractivity contribution in [2.75, 3.05) is 29.9 Å². The van der Waals surface area contributed by atoms with E-state index in [0.717, 1.165) is 31.5 Å². The van der Waals surface area contributed by atoms with Gasteiger partial charge in [0.2, 0.25) is 11.8 Å². The number of carbonyl (C=O) groups is 3. The van der Waals surface area contributed by atoms with Gasteiger partial charge in [-0.25, -0.2) is 4.79 Å². The first-order valence-corrected chi connectivity index (χ1v) is 9.91. The van der Waals surface area contributed by atoms with Crippen LogP contribution in [0.1, 0.15) is 18.4 Å². The standard InChI is InChI=1S/C22H24N4O3/c27-20-15-26(19-11-5-4-10-17(19)23-20)22(29)24-18(14-16-8-2-1-3-9-16)21(28)25-12-6-7-13-25/h1-5,8-11,18H,6-7,12-15H2,(H,23,27)(H,24,29)/t18-/m1/s1. The van der Waals surface area contributed by atoms with E-state index in [1.807, 2.05) is 41.3 Å². The van der Waals surface area contributed by atoms with E-state index in [9.17, 15) is 14.4 Å². The minimum atomic E-state index is -0.680. The predicted molar refractivity (Wildman–Crippen MR) is 111 cm³/mol. The summed E-state index contributed by atoms with van der Waals surface area (Å²) in [6.45, 7) is 1.35. The molecular formula is C22H24N4O3. The van der Waals surface area contributed by atoms with Gasteiger partial charge in [0.05, 0.1) is 11.4 Å². The third-order valence-electron chi connectivity index (χ3n) is 5.31. The van der Waals surface area contributed by atoms with E-state index in [4.69, 9.17) is 0 Å². The lowest BCUT2D eigenvalue weighted by atomic mass is 10.0. The second kappa shape index (κ2) is 8.34. The Kier molecular flexibility index (Phi) is 5.46. The summed E-state index contributed by atoms with van der Waals surface area (Å²) in [4.78, 5) is 41.4. The van der Waals surface area contributed by atoms with Crippen LogP contribution < -0.4 is 15.5 Å². The zero-order valence-electron chi connectivity index (χ0n) is 16.1. The Bertz CT molecular complexity index is 909. The van der Waals surface area contributed by atoms with E-state index < -0.39 is 12.1 Å². The summed E-state index contributed by atoms with van der Waals surface area (Å²) in [6, 6.07) is 15.7. The molecule has 0 aliphatic carbocycles. The Morgan fingerprint density at radius 3 is 2.45 bits per heavy atom. The molecule has 0 aromatic heterocycles. The topological polar surface area (TPSA) is 81.8 Å². The molecule has 4 rings (SSSR count). The molecule has 0 bridgehead atoms. The number of likely N-dealkylation sites (tertiary alicyclic amines) is 1. The number of hydrogen-bond donors (Lipinski definition) is 2. The lowest BCUT2D eigenvalue weighted by Crippen LogP contribution is -2.55. The third-order valence-corrected chi connectivity index (χ3v) is 5.31. The molecule has 7 heteroatoms. The van der Waals surface area contributed by atoms with Crippen LogP contribution >= 0.6 is 0 Å². The average molecular weight is 392 g/mol. The molecule has 2 heterocycles. The molecule has 1 saturated heterocycles. The molecule has 2 aliphatic heterocycles. The fourth-order valence-electron chi connectivity index (χ4n) is 3.85. The molecule has 4 amide bonds. The molecule has 2 aromatic carbocycles. The second-order valence-corrected chi connectivity index (χ2v) is 7.38. The van der Waals surface area contributed by atoms with Crippen molar-refractivity contribution >= 4 is 29.2 Å². The summed E-state index contributed by atoms with van der Waals surface area (Å²) < 4.78 is 0. The van der Waals surface area contributed by atoms with Gasteiger partial charge >= 0.3 is 6.03 Å². The van der Waals surface area contributed by atoms with Gasteiger partial charge < -0.3 is 15.5 Å². The van der Waals surface area contributed by atoms with E-state index in [0.29, 0.717) is 17.8 Å². The Hall–Kier alpha value is -3.35. The molecule has 0 radical (unpaired) electrons. The molecule has 0 unspecified atom stereocenters. The summed E-state index contributed by atoms with van der Waals surface area (Å²) in [5.74, 6) is -0.334. The van der Waals surface area contributed by atoms with Gasteiger partial charge in [0.15, 0.2) is 0 Å². The van der Waals surface area contributed by atoms with Crippen LogP contribution in [0.5, 0.6) is 0 Å². The van der Waals surface area contributed by atoms with Crippen molar-refractivity contribution in [3.63, 3.8) is 0 Å². The van der Waals surface area contributed by atoms with E-state index in [2.05, 4.69) is 10.6 Å². The summed E-state index contributed by atoms with van der Waals surface area (Å²) in [6.07, 6.45) is 2.37. The SMILES string of the molecule is O=C1CN(C(=O)N[C@H](Cc2ccccc2)C(=O)N2CCCC2)c2ccccc2N1. The number of benzene rings is 2. The smallest absolute Gasteiger partial charge is 0.323 e. The lowest BCUT2D eigenvalue weighted by Gasteiger charge is -2.31. The maximum Gasteiger partial charge on any atom is 0.323 e. The minimum absolute atomic E-state index is 0.0746. The van der Waals surface area contributed by atoms with Crippen molar-refractivity contribution in [3.8, 4) is 0 Å². The molecule has 0 saturated carbocycles. The number of urea groups is 1. The number of fused-ring (bicyclic) bond motifs is 1. The molecule has 2 aliphatic rings. The fourth-order valence-corrected chi connectivity index (χ4v) is 3.85. The van der Waals surface area contributed by atoms with Crippen molar-refractivity contribution < 1.29 is 14.4 Å². The number of nitrogens with zero attached hydrogens (tertiary/aromatic N) is 2. The Balaban J connectivity index is 1.56. The van der Waals surface area contributed by atoms with Crippen LogP contribution in [-0.2, 0) is 16.0 Å². The van der Waals surface area contributed by atoms with Gasteiger partial charge in [-0.2, -0.15) is 0 Å². The van der Waals surface area contributed by atoms with Gasteiger partial charge in [0.1, 0.15) is 12.6 Å². The van der Waals surface area contributed by atoms with E-state index in [1.54, 1.807) is 18.2 Å². The van der Waals surface area contributed by atoms with Crippen LogP contribution in [0.2, 0.25) is 0 Å². The number of rotatable bonds is 4. The van der Waals surface area contributed by atoms with Crippen LogP contribution in [0.25, 0.3) is 0 Å². The zero-order valence-corrected chi connectivity index (χ0v) is 16.1. The minimum Gasteiger partial charge on any atom is -0.341 e. The summed E-state index contributed by atoms with van der Waals surface area (Å²) in [5.41, 5.74) is 2.18. The normalized spacial score (nSPS) is 16.8. The molecule has 0 spiro atoms. The summed E-state index contributed by atoms with van der Waals surface area (Å²) in [5, 5.41) is 5.66. The third kappa shape index (κ3) is 4.23. The zero-order chi connectivity index (χ0) is 20.2. The maximum atomic E-state index is 13.1. The Morgan fingerprint density at radius 1 is 1.00 bits per heavy atom. The highest BCUT2D eigenvalue weighted by Gasteiger charge is 2.32. The quantitative estimate of drug-likeness (QED) is 0.838. The largest absolute Gasteiger partial charge is 0.341 e. The van der Waals surface area contributed by atoms with Crippen LogP contribution in [0, 0.1) is 0 Å². The van der Waals surface area contributed by atoms with Crippen molar-refractivity contribution in [2.45, 2.75) is 25.3 Å². The van der Waals surface area contributed by atoms with E-state index in [-0.39, 0.29) is 18.4 Å². The van der Waals surface area contributed by atoms with Gasteiger partial charge in [0.25, 0.3) is 0 Å². The van der Waals surface area contributed by atoms with Crippen LogP contribution in [-0.4, -0.2) is 48.4 Å². The highest BCUT2D eigenvalue weighted by molar-refractivity contribution is 6.10. The Labute approximate surface area is 169 Å². The second-order valence-electron chi connectivity index (χ2n) is 7.38. The number of carbonyl (C=O) groups excluding carboxylic acids is 3. The number of para-hydroxylation sites is 2. The molecule has 29 heavy (non-hydrogen) atoms. The monoisotopic (exact) mass is 392 g/mol. The molecule has 7 nitrogen and oxygen atoms in total. The molecular weight excluding hydrogens is 368 g/mol. The first-order valence-electron chi connectivity index (χ1n) is 9.91. The predicted octanol–water partition coefficient (Wildman–Crippen LogP) is 2.39. The van der Waals surface area contributed by atoms with Gasteiger partial charge in [-0.3, -0.25) is 14.5 Å².